The van der Waals surface area contributed by atoms with Crippen molar-refractivity contribution in [2.45, 2.75) is 38.8 Å². The molecule has 172 valence electrons. The summed E-state index contributed by atoms with van der Waals surface area (Å²) < 4.78 is 16.7. The van der Waals surface area contributed by atoms with Crippen LogP contribution in [-0.4, -0.2) is 51.3 Å². The number of halogens is 1. The number of ether oxygens (including phenoxy) is 2. The van der Waals surface area contributed by atoms with Gasteiger partial charge in [0, 0.05) is 18.7 Å². The fraction of sp³-hybridized carbons (Fsp3) is 0.522. The molecule has 1 aliphatic heterocycles. The van der Waals surface area contributed by atoms with E-state index in [1.165, 1.54) is 19.3 Å². The molecular formula is C23H35IN4O3. The Morgan fingerprint density at radius 2 is 1.90 bits per heavy atom. The van der Waals surface area contributed by atoms with E-state index in [2.05, 4.69) is 28.5 Å². The second kappa shape index (κ2) is 13.5. The molecule has 0 bridgehead atoms. The monoisotopic (exact) mass is 542 g/mol. The molecule has 2 N–H and O–H groups in total. The molecule has 2 aromatic rings. The fourth-order valence-corrected chi connectivity index (χ4v) is 3.90. The van der Waals surface area contributed by atoms with Gasteiger partial charge in [0.1, 0.15) is 5.76 Å². The Morgan fingerprint density at radius 1 is 1.10 bits per heavy atom. The highest BCUT2D eigenvalue weighted by Crippen LogP contribution is 2.31. The highest BCUT2D eigenvalue weighted by Gasteiger charge is 2.24. The highest BCUT2D eigenvalue weighted by atomic mass is 127. The summed E-state index contributed by atoms with van der Waals surface area (Å²) >= 11 is 0. The average molecular weight is 542 g/mol. The predicted octanol–water partition coefficient (Wildman–Crippen LogP) is 4.20. The van der Waals surface area contributed by atoms with Crippen molar-refractivity contribution in [3.63, 3.8) is 0 Å². The van der Waals surface area contributed by atoms with Crippen molar-refractivity contribution in [3.05, 3.63) is 47.9 Å². The molecule has 0 aliphatic carbocycles. The highest BCUT2D eigenvalue weighted by molar-refractivity contribution is 14.0. The van der Waals surface area contributed by atoms with Gasteiger partial charge in [0.05, 0.1) is 33.1 Å². The SMILES string of the molecule is CCNC(=NCc1cccc(OC)c1OC)NCC(c1ccco1)N1CCCCC1.I. The van der Waals surface area contributed by atoms with Crippen LogP contribution in [-0.2, 0) is 6.54 Å². The molecule has 0 spiro atoms. The van der Waals surface area contributed by atoms with Gasteiger partial charge in [0.25, 0.3) is 0 Å². The Hall–Kier alpha value is -1.94. The van der Waals surface area contributed by atoms with Crippen molar-refractivity contribution in [1.82, 2.24) is 15.5 Å². The topological polar surface area (TPSA) is 71.3 Å². The summed E-state index contributed by atoms with van der Waals surface area (Å²) in [6.07, 6.45) is 5.53. The molecule has 7 nitrogen and oxygen atoms in total. The molecular weight excluding hydrogens is 507 g/mol. The Kier molecular flexibility index (Phi) is 11.0. The minimum absolute atomic E-state index is 0. The van der Waals surface area contributed by atoms with E-state index in [-0.39, 0.29) is 30.0 Å². The van der Waals surface area contributed by atoms with Gasteiger partial charge >= 0.3 is 0 Å². The first kappa shape index (κ1) is 25.3. The minimum Gasteiger partial charge on any atom is -0.493 e. The fourth-order valence-electron chi connectivity index (χ4n) is 3.90. The summed E-state index contributed by atoms with van der Waals surface area (Å²) in [6, 6.07) is 10.1. The maximum Gasteiger partial charge on any atom is 0.191 e. The van der Waals surface area contributed by atoms with Crippen molar-refractivity contribution in [3.8, 4) is 11.5 Å². The third-order valence-corrected chi connectivity index (χ3v) is 5.40. The van der Waals surface area contributed by atoms with Gasteiger partial charge in [-0.05, 0) is 51.1 Å². The Labute approximate surface area is 202 Å². The number of aliphatic imine (C=N–C) groups is 1. The van der Waals surface area contributed by atoms with E-state index in [0.29, 0.717) is 12.3 Å². The van der Waals surface area contributed by atoms with Gasteiger partial charge in [0.2, 0.25) is 0 Å². The molecule has 1 fully saturated rings. The van der Waals surface area contributed by atoms with Gasteiger partial charge < -0.3 is 24.5 Å². The van der Waals surface area contributed by atoms with Crippen LogP contribution in [0.25, 0.3) is 0 Å². The lowest BCUT2D eigenvalue weighted by Crippen LogP contribution is -2.44. The summed E-state index contributed by atoms with van der Waals surface area (Å²) in [7, 11) is 3.30. The molecule has 3 rings (SSSR count). The number of benzene rings is 1. The molecule has 8 heteroatoms. The van der Waals surface area contributed by atoms with Crippen LogP contribution in [0.3, 0.4) is 0 Å². The van der Waals surface area contributed by atoms with E-state index < -0.39 is 0 Å². The standard InChI is InChI=1S/C23H34N4O3.HI/c1-4-24-23(25-16-18-10-8-11-21(28-2)22(18)29-3)26-17-19(20-12-9-15-30-20)27-13-6-5-7-14-27;/h8-12,15,19H,4-7,13-14,16-17H2,1-3H3,(H2,24,25,26);1H. The van der Waals surface area contributed by atoms with Gasteiger partial charge in [-0.3, -0.25) is 4.90 Å². The normalized spacial score (nSPS) is 15.6. The summed E-state index contributed by atoms with van der Waals surface area (Å²) in [6.45, 7) is 6.27. The molecule has 2 heterocycles. The van der Waals surface area contributed by atoms with E-state index in [1.807, 2.05) is 24.3 Å². The number of likely N-dealkylation sites (tertiary alicyclic amines) is 1. The molecule has 31 heavy (non-hydrogen) atoms. The Morgan fingerprint density at radius 3 is 2.55 bits per heavy atom. The number of nitrogens with one attached hydrogen (secondary N) is 2. The van der Waals surface area contributed by atoms with Crippen LogP contribution in [0.5, 0.6) is 11.5 Å². The third kappa shape index (κ3) is 7.03. The lowest BCUT2D eigenvalue weighted by atomic mass is 10.1. The first-order chi connectivity index (χ1) is 14.8. The van der Waals surface area contributed by atoms with E-state index in [0.717, 1.165) is 49.2 Å². The lowest BCUT2D eigenvalue weighted by Gasteiger charge is -2.33. The van der Waals surface area contributed by atoms with Gasteiger partial charge in [-0.25, -0.2) is 4.99 Å². The van der Waals surface area contributed by atoms with Crippen molar-refractivity contribution < 1.29 is 13.9 Å². The zero-order valence-corrected chi connectivity index (χ0v) is 21.1. The van der Waals surface area contributed by atoms with E-state index in [1.54, 1.807) is 20.5 Å². The average Bonchev–Trinajstić information content (AvgIpc) is 3.32. The van der Waals surface area contributed by atoms with Gasteiger partial charge in [0.15, 0.2) is 17.5 Å². The molecule has 0 saturated carbocycles. The van der Waals surface area contributed by atoms with Gasteiger partial charge in [-0.1, -0.05) is 18.6 Å². The largest absolute Gasteiger partial charge is 0.493 e. The number of rotatable bonds is 9. The quantitative estimate of drug-likeness (QED) is 0.281. The number of para-hydroxylation sites is 1. The van der Waals surface area contributed by atoms with Crippen LogP contribution in [0.1, 0.15) is 43.6 Å². The van der Waals surface area contributed by atoms with Crippen molar-refractivity contribution >= 4 is 29.9 Å². The Bertz CT molecular complexity index is 792. The van der Waals surface area contributed by atoms with Crippen LogP contribution < -0.4 is 20.1 Å². The van der Waals surface area contributed by atoms with E-state index in [4.69, 9.17) is 18.9 Å². The van der Waals surface area contributed by atoms with Crippen LogP contribution >= 0.6 is 24.0 Å². The second-order valence-electron chi connectivity index (χ2n) is 7.36. The van der Waals surface area contributed by atoms with E-state index in [9.17, 15) is 0 Å². The lowest BCUT2D eigenvalue weighted by molar-refractivity contribution is 0.146. The summed E-state index contributed by atoms with van der Waals surface area (Å²) in [5, 5.41) is 6.85. The number of furan rings is 1. The second-order valence-corrected chi connectivity index (χ2v) is 7.36. The molecule has 0 amide bonds. The van der Waals surface area contributed by atoms with Crippen LogP contribution in [0.15, 0.2) is 46.0 Å². The van der Waals surface area contributed by atoms with E-state index >= 15 is 0 Å². The number of methoxy groups -OCH3 is 2. The van der Waals surface area contributed by atoms with Crippen molar-refractivity contribution in [1.29, 1.82) is 0 Å². The van der Waals surface area contributed by atoms with Crippen LogP contribution in [0.2, 0.25) is 0 Å². The van der Waals surface area contributed by atoms with Crippen LogP contribution in [0.4, 0.5) is 0 Å². The smallest absolute Gasteiger partial charge is 0.191 e. The molecule has 1 aromatic heterocycles. The van der Waals surface area contributed by atoms with Gasteiger partial charge in [-0.15, -0.1) is 24.0 Å². The molecule has 1 saturated heterocycles. The number of piperidine rings is 1. The van der Waals surface area contributed by atoms with Crippen molar-refractivity contribution in [2.75, 3.05) is 40.4 Å². The van der Waals surface area contributed by atoms with Gasteiger partial charge in [-0.2, -0.15) is 0 Å². The zero-order valence-electron chi connectivity index (χ0n) is 18.7. The summed E-state index contributed by atoms with van der Waals surface area (Å²) in [4.78, 5) is 7.28. The summed E-state index contributed by atoms with van der Waals surface area (Å²) in [5.74, 6) is 3.21. The molecule has 1 atom stereocenters. The third-order valence-electron chi connectivity index (χ3n) is 5.40. The first-order valence-electron chi connectivity index (χ1n) is 10.8. The number of hydrogen-bond donors (Lipinski definition) is 2. The van der Waals surface area contributed by atoms with Crippen molar-refractivity contribution in [2.24, 2.45) is 4.99 Å². The van der Waals surface area contributed by atoms with Crippen LogP contribution in [0, 0.1) is 0 Å². The summed E-state index contributed by atoms with van der Waals surface area (Å²) in [5.41, 5.74) is 0.979. The first-order valence-corrected chi connectivity index (χ1v) is 10.8. The maximum atomic E-state index is 5.75. The molecule has 1 aromatic carbocycles. The Balaban J connectivity index is 0.00000341. The number of guanidine groups is 1. The molecule has 0 radical (unpaired) electrons. The number of hydrogen-bond acceptors (Lipinski definition) is 5. The minimum atomic E-state index is 0. The maximum absolute atomic E-state index is 5.75. The number of nitrogens with zero attached hydrogens (tertiary/aromatic N) is 2. The molecule has 1 aliphatic rings. The zero-order chi connectivity index (χ0) is 21.2. The predicted molar refractivity (Wildman–Crippen MR) is 135 cm³/mol. The molecule has 1 unspecified atom stereocenters.